The highest BCUT2D eigenvalue weighted by Gasteiger charge is 2.15. The second-order valence-electron chi connectivity index (χ2n) is 4.74. The third-order valence-electron chi connectivity index (χ3n) is 3.02. The first-order valence-electron chi connectivity index (χ1n) is 6.38. The normalized spacial score (nSPS) is 10.4. The summed E-state index contributed by atoms with van der Waals surface area (Å²) in [6, 6.07) is 5.64. The number of carbonyl (C=O) groups excluding carboxylic acids is 1. The molecule has 7 nitrogen and oxygen atoms in total. The number of nitrogens with zero attached hydrogens (tertiary/aromatic N) is 2. The van der Waals surface area contributed by atoms with Crippen LogP contribution in [0, 0.1) is 17.0 Å². The van der Waals surface area contributed by atoms with Crippen molar-refractivity contribution in [1.82, 2.24) is 4.57 Å². The number of rotatable bonds is 4. The van der Waals surface area contributed by atoms with E-state index in [1.54, 1.807) is 6.07 Å². The molecule has 2 rings (SSSR count). The van der Waals surface area contributed by atoms with Crippen LogP contribution >= 0.6 is 23.2 Å². The molecule has 0 radical (unpaired) electrons. The summed E-state index contributed by atoms with van der Waals surface area (Å²) >= 11 is 11.7. The maximum Gasteiger partial charge on any atom is 0.288 e. The van der Waals surface area contributed by atoms with Crippen LogP contribution in [0.5, 0.6) is 0 Å². The molecule has 0 saturated carbocycles. The topological polar surface area (TPSA) is 94.2 Å². The predicted octanol–water partition coefficient (Wildman–Crippen LogP) is 3.01. The molecule has 0 saturated heterocycles. The van der Waals surface area contributed by atoms with Gasteiger partial charge in [0.2, 0.25) is 5.91 Å². The van der Waals surface area contributed by atoms with E-state index in [1.165, 1.54) is 19.1 Å². The van der Waals surface area contributed by atoms with Gasteiger partial charge in [-0.1, -0.05) is 23.2 Å². The Morgan fingerprint density at radius 2 is 2.04 bits per heavy atom. The standard InChI is InChI=1S/C14H11Cl2N3O4/c1-8-4-14(21)18(6-12(8)19(22)23)7-13(20)17-11-3-2-9(15)5-10(11)16/h2-6H,7H2,1H3,(H,17,20). The average Bonchev–Trinajstić information content (AvgIpc) is 2.44. The van der Waals surface area contributed by atoms with Gasteiger partial charge in [0, 0.05) is 16.7 Å². The van der Waals surface area contributed by atoms with E-state index < -0.39 is 16.4 Å². The van der Waals surface area contributed by atoms with Gasteiger partial charge in [0.05, 0.1) is 21.8 Å². The fourth-order valence-electron chi connectivity index (χ4n) is 1.91. The van der Waals surface area contributed by atoms with Crippen molar-refractivity contribution in [1.29, 1.82) is 0 Å². The number of aromatic nitrogens is 1. The SMILES string of the molecule is Cc1cc(=O)n(CC(=O)Nc2ccc(Cl)cc2Cl)cc1[N+](=O)[O-]. The third-order valence-corrected chi connectivity index (χ3v) is 3.57. The number of benzene rings is 1. The molecular weight excluding hydrogens is 345 g/mol. The van der Waals surface area contributed by atoms with Gasteiger partial charge in [0.25, 0.3) is 11.2 Å². The summed E-state index contributed by atoms with van der Waals surface area (Å²) in [7, 11) is 0. The van der Waals surface area contributed by atoms with Crippen molar-refractivity contribution < 1.29 is 9.72 Å². The molecule has 0 unspecified atom stereocenters. The Balaban J connectivity index is 2.22. The molecule has 0 fully saturated rings. The molecule has 1 aromatic heterocycles. The fourth-order valence-corrected chi connectivity index (χ4v) is 2.36. The summed E-state index contributed by atoms with van der Waals surface area (Å²) in [5.41, 5.74) is -0.180. The summed E-state index contributed by atoms with van der Waals surface area (Å²) in [5.74, 6) is -0.547. The molecule has 1 N–H and O–H groups in total. The van der Waals surface area contributed by atoms with Crippen LogP contribution in [0.3, 0.4) is 0 Å². The van der Waals surface area contributed by atoms with Crippen LogP contribution in [-0.2, 0) is 11.3 Å². The zero-order valence-electron chi connectivity index (χ0n) is 11.9. The Kier molecular flexibility index (Phi) is 5.02. The number of carbonyl (C=O) groups is 1. The summed E-state index contributed by atoms with van der Waals surface area (Å²) in [4.78, 5) is 34.1. The number of hydrogen-bond donors (Lipinski definition) is 1. The first-order valence-corrected chi connectivity index (χ1v) is 7.14. The molecule has 23 heavy (non-hydrogen) atoms. The summed E-state index contributed by atoms with van der Waals surface area (Å²) in [6.45, 7) is 1.08. The van der Waals surface area contributed by atoms with Gasteiger partial charge in [-0.05, 0) is 25.1 Å². The van der Waals surface area contributed by atoms with Crippen molar-refractivity contribution in [3.05, 3.63) is 66.5 Å². The second-order valence-corrected chi connectivity index (χ2v) is 5.58. The molecule has 0 bridgehead atoms. The molecule has 0 aliphatic carbocycles. The first kappa shape index (κ1) is 17.0. The second kappa shape index (κ2) is 6.80. The zero-order chi connectivity index (χ0) is 17.1. The lowest BCUT2D eigenvalue weighted by molar-refractivity contribution is -0.385. The van der Waals surface area contributed by atoms with Crippen molar-refractivity contribution in [3.8, 4) is 0 Å². The Labute approximate surface area is 140 Å². The van der Waals surface area contributed by atoms with Crippen LogP contribution in [0.25, 0.3) is 0 Å². The van der Waals surface area contributed by atoms with Crippen molar-refractivity contribution in [2.45, 2.75) is 13.5 Å². The minimum Gasteiger partial charge on any atom is -0.323 e. The highest BCUT2D eigenvalue weighted by atomic mass is 35.5. The molecule has 2 aromatic rings. The van der Waals surface area contributed by atoms with Crippen LogP contribution < -0.4 is 10.9 Å². The summed E-state index contributed by atoms with van der Waals surface area (Å²) < 4.78 is 0.963. The van der Waals surface area contributed by atoms with E-state index in [0.717, 1.165) is 16.8 Å². The lowest BCUT2D eigenvalue weighted by atomic mass is 10.2. The van der Waals surface area contributed by atoms with Crippen molar-refractivity contribution in [2.75, 3.05) is 5.32 Å². The Hall–Kier alpha value is -2.38. The van der Waals surface area contributed by atoms with Gasteiger partial charge in [-0.15, -0.1) is 0 Å². The van der Waals surface area contributed by atoms with E-state index in [0.29, 0.717) is 10.7 Å². The minimum absolute atomic E-state index is 0.234. The van der Waals surface area contributed by atoms with Crippen LogP contribution in [0.1, 0.15) is 5.56 Å². The fraction of sp³-hybridized carbons (Fsp3) is 0.143. The maximum absolute atomic E-state index is 12.0. The zero-order valence-corrected chi connectivity index (χ0v) is 13.4. The lowest BCUT2D eigenvalue weighted by Gasteiger charge is -2.09. The minimum atomic E-state index is -0.612. The van der Waals surface area contributed by atoms with Gasteiger partial charge in [-0.2, -0.15) is 0 Å². The van der Waals surface area contributed by atoms with Crippen molar-refractivity contribution >= 4 is 40.5 Å². The van der Waals surface area contributed by atoms with Crippen molar-refractivity contribution in [2.24, 2.45) is 0 Å². The van der Waals surface area contributed by atoms with Crippen LogP contribution in [0.15, 0.2) is 35.3 Å². The Morgan fingerprint density at radius 3 is 2.65 bits per heavy atom. The highest BCUT2D eigenvalue weighted by molar-refractivity contribution is 6.36. The number of anilines is 1. The monoisotopic (exact) mass is 355 g/mol. The molecular formula is C14H11Cl2N3O4. The summed E-state index contributed by atoms with van der Waals surface area (Å²) in [6.07, 6.45) is 1.04. The van der Waals surface area contributed by atoms with E-state index >= 15 is 0 Å². The largest absolute Gasteiger partial charge is 0.323 e. The van der Waals surface area contributed by atoms with E-state index in [2.05, 4.69) is 5.32 Å². The van der Waals surface area contributed by atoms with E-state index in [4.69, 9.17) is 23.2 Å². The van der Waals surface area contributed by atoms with Gasteiger partial charge in [0.1, 0.15) is 6.54 Å². The number of amides is 1. The van der Waals surface area contributed by atoms with E-state index in [1.807, 2.05) is 0 Å². The quantitative estimate of drug-likeness (QED) is 0.673. The third kappa shape index (κ3) is 4.08. The van der Waals surface area contributed by atoms with Crippen molar-refractivity contribution in [3.63, 3.8) is 0 Å². The predicted molar refractivity (Wildman–Crippen MR) is 87.2 cm³/mol. The molecule has 0 aliphatic rings. The molecule has 120 valence electrons. The maximum atomic E-state index is 12.0. The number of pyridine rings is 1. The summed E-state index contributed by atoms with van der Waals surface area (Å²) in [5, 5.41) is 14.1. The molecule has 0 atom stereocenters. The molecule has 0 spiro atoms. The molecule has 1 heterocycles. The van der Waals surface area contributed by atoms with Gasteiger partial charge in [-0.3, -0.25) is 24.3 Å². The molecule has 1 aromatic carbocycles. The van der Waals surface area contributed by atoms with E-state index in [-0.39, 0.29) is 22.8 Å². The van der Waals surface area contributed by atoms with Gasteiger partial charge in [0.15, 0.2) is 0 Å². The lowest BCUT2D eigenvalue weighted by Crippen LogP contribution is -2.27. The van der Waals surface area contributed by atoms with Crippen LogP contribution in [0.2, 0.25) is 10.0 Å². The van der Waals surface area contributed by atoms with Crippen LogP contribution in [-0.4, -0.2) is 15.4 Å². The Morgan fingerprint density at radius 1 is 1.35 bits per heavy atom. The number of hydrogen-bond acceptors (Lipinski definition) is 4. The average molecular weight is 356 g/mol. The molecule has 9 heteroatoms. The molecule has 0 aliphatic heterocycles. The number of aryl methyl sites for hydroxylation is 1. The van der Waals surface area contributed by atoms with Crippen LogP contribution in [0.4, 0.5) is 11.4 Å². The number of halogens is 2. The number of nitrogens with one attached hydrogen (secondary N) is 1. The smallest absolute Gasteiger partial charge is 0.288 e. The Bertz CT molecular complexity index is 848. The van der Waals surface area contributed by atoms with E-state index in [9.17, 15) is 19.7 Å². The van der Waals surface area contributed by atoms with Gasteiger partial charge >= 0.3 is 0 Å². The first-order chi connectivity index (χ1) is 10.8. The molecule has 1 amide bonds. The highest BCUT2D eigenvalue weighted by Crippen LogP contribution is 2.25. The van der Waals surface area contributed by atoms with Gasteiger partial charge in [-0.25, -0.2) is 0 Å². The van der Waals surface area contributed by atoms with Gasteiger partial charge < -0.3 is 5.32 Å². The number of nitro groups is 1.